The maximum absolute atomic E-state index is 12.7. The minimum Gasteiger partial charge on any atom is -0.496 e. The van der Waals surface area contributed by atoms with Crippen LogP contribution in [0.25, 0.3) is 0 Å². The van der Waals surface area contributed by atoms with E-state index in [1.807, 2.05) is 48.5 Å². The predicted molar refractivity (Wildman–Crippen MR) is 135 cm³/mol. The van der Waals surface area contributed by atoms with Gasteiger partial charge in [0.25, 0.3) is 5.56 Å². The van der Waals surface area contributed by atoms with Crippen LogP contribution in [0.4, 0.5) is 0 Å². The van der Waals surface area contributed by atoms with Crippen LogP contribution in [0, 0.1) is 0 Å². The number of para-hydroxylation sites is 1. The van der Waals surface area contributed by atoms with E-state index in [9.17, 15) is 9.59 Å². The minimum atomic E-state index is -0.139. The average molecular weight is 499 g/mol. The van der Waals surface area contributed by atoms with Crippen LogP contribution in [0.5, 0.6) is 5.75 Å². The fourth-order valence-corrected chi connectivity index (χ4v) is 4.75. The first-order valence-corrected chi connectivity index (χ1v) is 12.5. The molecule has 0 unspecified atom stereocenters. The molecule has 1 aliphatic rings. The van der Waals surface area contributed by atoms with E-state index in [4.69, 9.17) is 16.3 Å². The topological polar surface area (TPSA) is 87.3 Å². The SMILES string of the molecule is COc1ccccc1CN1CCc2nc(SCC(=O)NCCc3ccc(Cl)cc3)[nH]c(=O)c2C1. The van der Waals surface area contributed by atoms with Gasteiger partial charge in [0.15, 0.2) is 5.16 Å². The maximum Gasteiger partial charge on any atom is 0.256 e. The van der Waals surface area contributed by atoms with E-state index in [0.717, 1.165) is 35.5 Å². The van der Waals surface area contributed by atoms with E-state index in [-0.39, 0.29) is 17.2 Å². The van der Waals surface area contributed by atoms with Crippen molar-refractivity contribution in [1.82, 2.24) is 20.2 Å². The summed E-state index contributed by atoms with van der Waals surface area (Å²) in [5.74, 6) is 0.947. The standard InChI is InChI=1S/C25H27ClN4O3S/c1-33-22-5-3-2-4-18(22)14-30-13-11-21-20(15-30)24(32)29-25(28-21)34-16-23(31)27-12-10-17-6-8-19(26)9-7-17/h2-9H,10-16H2,1H3,(H,27,31)(H,28,29,32). The Morgan fingerprint density at radius 1 is 1.24 bits per heavy atom. The fourth-order valence-electron chi connectivity index (χ4n) is 3.92. The van der Waals surface area contributed by atoms with Gasteiger partial charge in [0.1, 0.15) is 5.75 Å². The number of amides is 1. The number of carbonyl (C=O) groups is 1. The molecule has 2 N–H and O–H groups in total. The molecule has 1 aromatic heterocycles. The van der Waals surface area contributed by atoms with Crippen LogP contribution in [0.2, 0.25) is 5.02 Å². The molecule has 0 aliphatic carbocycles. The molecule has 9 heteroatoms. The van der Waals surface area contributed by atoms with Crippen molar-refractivity contribution >= 4 is 29.3 Å². The van der Waals surface area contributed by atoms with E-state index in [2.05, 4.69) is 20.2 Å². The second kappa shape index (κ2) is 11.6. The molecule has 0 bridgehead atoms. The third-order valence-corrected chi connectivity index (χ3v) is 6.83. The number of nitrogens with zero attached hydrogens (tertiary/aromatic N) is 2. The van der Waals surface area contributed by atoms with Crippen molar-refractivity contribution in [1.29, 1.82) is 0 Å². The highest BCUT2D eigenvalue weighted by molar-refractivity contribution is 7.99. The molecule has 34 heavy (non-hydrogen) atoms. The zero-order valence-electron chi connectivity index (χ0n) is 19.0. The van der Waals surface area contributed by atoms with Gasteiger partial charge >= 0.3 is 0 Å². The van der Waals surface area contributed by atoms with Crippen molar-refractivity contribution in [2.24, 2.45) is 0 Å². The van der Waals surface area contributed by atoms with E-state index >= 15 is 0 Å². The molecule has 0 saturated carbocycles. The molecule has 0 spiro atoms. The number of hydrogen-bond donors (Lipinski definition) is 2. The minimum absolute atomic E-state index is 0.0951. The number of ether oxygens (including phenoxy) is 1. The maximum atomic E-state index is 12.7. The Morgan fingerprint density at radius 2 is 2.03 bits per heavy atom. The normalized spacial score (nSPS) is 13.4. The lowest BCUT2D eigenvalue weighted by molar-refractivity contribution is -0.118. The fraction of sp³-hybridized carbons (Fsp3) is 0.320. The van der Waals surface area contributed by atoms with Gasteiger partial charge in [0.2, 0.25) is 5.91 Å². The molecule has 2 aromatic carbocycles. The highest BCUT2D eigenvalue weighted by Crippen LogP contribution is 2.23. The Labute approximate surface area is 207 Å². The molecular formula is C25H27ClN4O3S. The number of H-pyrrole nitrogens is 1. The molecule has 1 aliphatic heterocycles. The summed E-state index contributed by atoms with van der Waals surface area (Å²) in [5, 5.41) is 4.08. The first-order valence-electron chi connectivity index (χ1n) is 11.1. The van der Waals surface area contributed by atoms with Gasteiger partial charge in [-0.1, -0.05) is 53.7 Å². The van der Waals surface area contributed by atoms with Crippen LogP contribution < -0.4 is 15.6 Å². The van der Waals surface area contributed by atoms with Crippen molar-refractivity contribution in [2.45, 2.75) is 31.1 Å². The molecule has 3 aromatic rings. The third kappa shape index (κ3) is 6.40. The summed E-state index contributed by atoms with van der Waals surface area (Å²) in [4.78, 5) is 34.6. The lowest BCUT2D eigenvalue weighted by Gasteiger charge is -2.28. The Hall–Kier alpha value is -2.81. The predicted octanol–water partition coefficient (Wildman–Crippen LogP) is 3.44. The number of aromatic nitrogens is 2. The number of nitrogens with one attached hydrogen (secondary N) is 2. The molecule has 4 rings (SSSR count). The number of thioether (sulfide) groups is 1. The summed E-state index contributed by atoms with van der Waals surface area (Å²) >= 11 is 7.14. The zero-order valence-corrected chi connectivity index (χ0v) is 20.5. The highest BCUT2D eigenvalue weighted by Gasteiger charge is 2.22. The lowest BCUT2D eigenvalue weighted by atomic mass is 10.1. The zero-order chi connectivity index (χ0) is 23.9. The van der Waals surface area contributed by atoms with Gasteiger partial charge in [-0.15, -0.1) is 0 Å². The van der Waals surface area contributed by atoms with Gasteiger partial charge in [0.05, 0.1) is 24.1 Å². The van der Waals surface area contributed by atoms with Crippen LogP contribution in [0.3, 0.4) is 0 Å². The summed E-state index contributed by atoms with van der Waals surface area (Å²) < 4.78 is 5.45. The number of carbonyl (C=O) groups excluding carboxylic acids is 1. The molecule has 0 radical (unpaired) electrons. The summed E-state index contributed by atoms with van der Waals surface area (Å²) in [7, 11) is 1.66. The van der Waals surface area contributed by atoms with Crippen molar-refractivity contribution in [3.63, 3.8) is 0 Å². The number of methoxy groups -OCH3 is 1. The van der Waals surface area contributed by atoms with Crippen molar-refractivity contribution in [3.05, 3.63) is 86.3 Å². The summed E-state index contributed by atoms with van der Waals surface area (Å²) in [6.45, 7) is 2.58. The van der Waals surface area contributed by atoms with Crippen molar-refractivity contribution in [2.75, 3.05) is 26.0 Å². The van der Waals surface area contributed by atoms with Crippen LogP contribution in [-0.4, -0.2) is 46.7 Å². The number of halogens is 1. The summed E-state index contributed by atoms with van der Waals surface area (Å²) in [6, 6.07) is 15.5. The first-order chi connectivity index (χ1) is 16.5. The van der Waals surface area contributed by atoms with Crippen LogP contribution in [0.1, 0.15) is 22.4 Å². The second-order valence-electron chi connectivity index (χ2n) is 8.08. The van der Waals surface area contributed by atoms with Gasteiger partial charge in [0, 0.05) is 43.2 Å². The number of fused-ring (bicyclic) bond motifs is 1. The Balaban J connectivity index is 1.29. The molecule has 0 atom stereocenters. The second-order valence-corrected chi connectivity index (χ2v) is 9.48. The molecular weight excluding hydrogens is 472 g/mol. The highest BCUT2D eigenvalue weighted by atomic mass is 35.5. The van der Waals surface area contributed by atoms with Gasteiger partial charge in [-0.3, -0.25) is 14.5 Å². The number of benzene rings is 2. The van der Waals surface area contributed by atoms with Gasteiger partial charge in [-0.2, -0.15) is 0 Å². The average Bonchev–Trinajstić information content (AvgIpc) is 2.85. The molecule has 178 valence electrons. The number of hydrogen-bond acceptors (Lipinski definition) is 6. The van der Waals surface area contributed by atoms with Gasteiger partial charge in [-0.05, 0) is 30.2 Å². The van der Waals surface area contributed by atoms with E-state index in [0.29, 0.717) is 41.8 Å². The Kier molecular flexibility index (Phi) is 8.26. The molecule has 2 heterocycles. The summed E-state index contributed by atoms with van der Waals surface area (Å²) in [5.41, 5.74) is 3.56. The van der Waals surface area contributed by atoms with Crippen molar-refractivity contribution < 1.29 is 9.53 Å². The largest absolute Gasteiger partial charge is 0.496 e. The summed E-state index contributed by atoms with van der Waals surface area (Å²) in [6.07, 6.45) is 1.42. The lowest BCUT2D eigenvalue weighted by Crippen LogP contribution is -2.35. The number of rotatable bonds is 9. The third-order valence-electron chi connectivity index (χ3n) is 5.70. The Bertz CT molecular complexity index is 1200. The monoisotopic (exact) mass is 498 g/mol. The molecule has 1 amide bonds. The van der Waals surface area contributed by atoms with E-state index in [1.54, 1.807) is 7.11 Å². The van der Waals surface area contributed by atoms with Gasteiger partial charge in [-0.25, -0.2) is 4.98 Å². The van der Waals surface area contributed by atoms with E-state index in [1.165, 1.54) is 11.8 Å². The van der Waals surface area contributed by atoms with Crippen LogP contribution in [-0.2, 0) is 30.7 Å². The molecule has 7 nitrogen and oxygen atoms in total. The molecule has 0 saturated heterocycles. The first kappa shape index (κ1) is 24.3. The quantitative estimate of drug-likeness (QED) is 0.347. The smallest absolute Gasteiger partial charge is 0.256 e. The molecule has 0 fully saturated rings. The van der Waals surface area contributed by atoms with Crippen molar-refractivity contribution in [3.8, 4) is 5.75 Å². The van der Waals surface area contributed by atoms with Crippen LogP contribution >= 0.6 is 23.4 Å². The van der Waals surface area contributed by atoms with Crippen LogP contribution in [0.15, 0.2) is 58.5 Å². The Morgan fingerprint density at radius 3 is 2.82 bits per heavy atom. The number of aromatic amines is 1. The van der Waals surface area contributed by atoms with E-state index < -0.39 is 0 Å². The van der Waals surface area contributed by atoms with Gasteiger partial charge < -0.3 is 15.0 Å².